The minimum atomic E-state index is -5.03. The highest BCUT2D eigenvalue weighted by Gasteiger charge is 2.48. The summed E-state index contributed by atoms with van der Waals surface area (Å²) in [6.07, 6.45) is -11.6. The van der Waals surface area contributed by atoms with Crippen molar-refractivity contribution in [3.05, 3.63) is 0 Å². The number of carbonyl (C=O) groups excluding carboxylic acids is 1. The maximum atomic E-state index is 10.6. The monoisotopic (exact) mass is 518 g/mol. The van der Waals surface area contributed by atoms with Gasteiger partial charge in [-0.05, 0) is 0 Å². The third-order valence-electron chi connectivity index (χ3n) is 3.83. The third-order valence-corrected chi connectivity index (χ3v) is 4.73. The Bertz CT molecular complexity index is 778. The Kier molecular flexibility index (Phi) is 12.7. The van der Waals surface area contributed by atoms with E-state index in [1.165, 1.54) is 0 Å². The molecule has 192 valence electrons. The molecule has 1 aliphatic heterocycles. The number of carbonyl (C=O) groups is 1. The van der Waals surface area contributed by atoms with Crippen molar-refractivity contribution in [3.63, 3.8) is 0 Å². The van der Waals surface area contributed by atoms with Crippen LogP contribution in [0.4, 0.5) is 0 Å². The molecule has 1 aliphatic rings. The van der Waals surface area contributed by atoms with Crippen molar-refractivity contribution in [2.45, 2.75) is 55.0 Å². The number of rotatable bonds is 10. The minimum absolute atomic E-state index is 0.248. The quantitative estimate of drug-likeness (QED) is 0.0947. The fraction of sp³-hybridized carbons (Fsp3) is 0.917. The van der Waals surface area contributed by atoms with Crippen LogP contribution >= 0.6 is 0 Å². The van der Waals surface area contributed by atoms with Gasteiger partial charge in [-0.3, -0.25) is 9.11 Å². The minimum Gasteiger partial charge on any atom is -0.394 e. The zero-order valence-corrected chi connectivity index (χ0v) is 17.6. The van der Waals surface area contributed by atoms with Gasteiger partial charge in [0.2, 0.25) is 0 Å². The normalized spacial score (nSPS) is 30.4. The highest BCUT2D eigenvalue weighted by molar-refractivity contribution is 7.81. The molecule has 0 bridgehead atoms. The van der Waals surface area contributed by atoms with E-state index in [4.69, 9.17) is 50.8 Å². The van der Waals surface area contributed by atoms with Crippen molar-refractivity contribution in [1.82, 2.24) is 0 Å². The predicted molar refractivity (Wildman–Crippen MR) is 97.9 cm³/mol. The number of hydrogen-bond acceptors (Lipinski definition) is 16. The predicted octanol–water partition coefficient (Wildman–Crippen LogP) is -7.01. The third kappa shape index (κ3) is 10.3. The van der Waals surface area contributed by atoms with Crippen LogP contribution in [0.15, 0.2) is 0 Å². The van der Waals surface area contributed by atoms with Gasteiger partial charge < -0.3 is 51.6 Å². The maximum Gasteiger partial charge on any atom is 0.399 e. The molecule has 1 rings (SSSR count). The first kappa shape index (κ1) is 31.0. The van der Waals surface area contributed by atoms with Crippen LogP contribution in [0.2, 0.25) is 0 Å². The van der Waals surface area contributed by atoms with Crippen LogP contribution in [0.5, 0.6) is 0 Å². The maximum absolute atomic E-state index is 10.6. The van der Waals surface area contributed by atoms with Crippen molar-refractivity contribution >= 4 is 27.1 Å². The highest BCUT2D eigenvalue weighted by Crippen LogP contribution is 2.24. The van der Waals surface area contributed by atoms with E-state index < -0.39 is 89.0 Å². The summed E-state index contributed by atoms with van der Waals surface area (Å²) in [5.74, 6) is 0. The first-order chi connectivity index (χ1) is 14.5. The number of ether oxygens (including phenoxy) is 1. The van der Waals surface area contributed by atoms with Gasteiger partial charge in [-0.1, -0.05) is 0 Å². The summed E-state index contributed by atoms with van der Waals surface area (Å²) < 4.78 is 72.3. The second-order valence-electron chi connectivity index (χ2n) is 6.25. The van der Waals surface area contributed by atoms with Crippen molar-refractivity contribution < 1.29 is 74.5 Å². The van der Waals surface area contributed by atoms with Crippen molar-refractivity contribution in [3.8, 4) is 0 Å². The van der Waals surface area contributed by atoms with E-state index in [2.05, 4.69) is 8.37 Å². The zero-order chi connectivity index (χ0) is 25.4. The zero-order valence-electron chi connectivity index (χ0n) is 16.0. The van der Waals surface area contributed by atoms with Gasteiger partial charge in [0.05, 0.1) is 25.3 Å². The SMILES string of the molecule is N[C@@H](C=O)[C@@H](O)[C@H](O)[C@H](O)CO.N[C@H]1[C@H](OS(=O)(=O)O)O[C@H](CO)[C@@H](O)[C@@H]1OS(=O)(=O)O. The summed E-state index contributed by atoms with van der Waals surface area (Å²) in [6, 6.07) is -2.97. The van der Waals surface area contributed by atoms with Gasteiger partial charge in [0.15, 0.2) is 6.29 Å². The van der Waals surface area contributed by atoms with Gasteiger partial charge in [0.25, 0.3) is 0 Å². The number of hydrogen-bond donors (Lipinski definition) is 10. The van der Waals surface area contributed by atoms with E-state index in [0.29, 0.717) is 0 Å². The number of aldehydes is 1. The van der Waals surface area contributed by atoms with Crippen LogP contribution in [0.1, 0.15) is 0 Å². The number of aliphatic hydroxyl groups is 6. The molecule has 0 saturated carbocycles. The number of nitrogens with two attached hydrogens (primary N) is 2. The topological polar surface area (TPSA) is 327 Å². The standard InChI is InChI=1S/C6H13NO11S2.C6H13NO5/c7-3-5(17-19(10,11)12)4(9)2(1-8)16-6(3)18-20(13,14)15;7-3(1-8)5(11)6(12)4(10)2-9/h2-6,8-9H,1,7H2,(H,10,11,12)(H,13,14,15);1,3-6,9-12H,2,7H2/t2-,3-,4-,5-,6+;3-,4+,5+,6+/m10/s1. The van der Waals surface area contributed by atoms with Crippen LogP contribution in [0.3, 0.4) is 0 Å². The Balaban J connectivity index is 0.000000687. The van der Waals surface area contributed by atoms with Crippen LogP contribution in [0, 0.1) is 0 Å². The van der Waals surface area contributed by atoms with Crippen molar-refractivity contribution in [2.75, 3.05) is 13.2 Å². The van der Waals surface area contributed by atoms with E-state index in [-0.39, 0.29) is 6.29 Å². The summed E-state index contributed by atoms with van der Waals surface area (Å²) in [6.45, 7) is -1.58. The summed E-state index contributed by atoms with van der Waals surface area (Å²) in [5, 5.41) is 53.7. The van der Waals surface area contributed by atoms with Gasteiger partial charge in [-0.25, -0.2) is 8.37 Å². The van der Waals surface area contributed by atoms with E-state index in [1.54, 1.807) is 0 Å². The fourth-order valence-electron chi connectivity index (χ4n) is 2.20. The summed E-state index contributed by atoms with van der Waals surface area (Å²) in [5.41, 5.74) is 10.4. The van der Waals surface area contributed by atoms with Crippen molar-refractivity contribution in [1.29, 1.82) is 0 Å². The van der Waals surface area contributed by atoms with E-state index >= 15 is 0 Å². The molecule has 0 aliphatic carbocycles. The molecule has 12 N–H and O–H groups in total. The van der Waals surface area contributed by atoms with Crippen LogP contribution in [-0.2, 0) is 38.7 Å². The van der Waals surface area contributed by atoms with Crippen molar-refractivity contribution in [2.24, 2.45) is 11.5 Å². The van der Waals surface area contributed by atoms with Crippen LogP contribution in [0.25, 0.3) is 0 Å². The molecule has 0 radical (unpaired) electrons. The Labute approximate surface area is 181 Å². The van der Waals surface area contributed by atoms with E-state index in [9.17, 15) is 26.7 Å². The van der Waals surface area contributed by atoms with Gasteiger partial charge in [-0.2, -0.15) is 16.8 Å². The molecular weight excluding hydrogens is 492 g/mol. The molecule has 0 spiro atoms. The molecule has 0 unspecified atom stereocenters. The molecule has 18 nitrogen and oxygen atoms in total. The molecule has 0 aromatic rings. The Morgan fingerprint density at radius 1 is 1.00 bits per heavy atom. The number of aliphatic hydroxyl groups excluding tert-OH is 6. The summed E-state index contributed by atoms with van der Waals surface area (Å²) >= 11 is 0. The van der Waals surface area contributed by atoms with Crippen LogP contribution in [-0.4, -0.2) is 131 Å². The Morgan fingerprint density at radius 2 is 1.50 bits per heavy atom. The van der Waals surface area contributed by atoms with E-state index in [1.807, 2.05) is 0 Å². The average molecular weight is 518 g/mol. The lowest BCUT2D eigenvalue weighted by Crippen LogP contribution is -2.63. The lowest BCUT2D eigenvalue weighted by Gasteiger charge is -2.40. The largest absolute Gasteiger partial charge is 0.399 e. The average Bonchev–Trinajstić information content (AvgIpc) is 2.69. The second-order valence-corrected chi connectivity index (χ2v) is 8.35. The van der Waals surface area contributed by atoms with Gasteiger partial charge in [0.1, 0.15) is 42.9 Å². The molecule has 20 heteroatoms. The van der Waals surface area contributed by atoms with Crippen LogP contribution < -0.4 is 11.5 Å². The second kappa shape index (κ2) is 13.1. The Morgan fingerprint density at radius 3 is 1.88 bits per heavy atom. The van der Waals surface area contributed by atoms with Gasteiger partial charge >= 0.3 is 20.8 Å². The highest BCUT2D eigenvalue weighted by atomic mass is 32.3. The summed E-state index contributed by atoms with van der Waals surface area (Å²) in [4.78, 5) is 10.0. The summed E-state index contributed by atoms with van der Waals surface area (Å²) in [7, 11) is -10.0. The Hall–Kier alpha value is -0.950. The molecule has 1 saturated heterocycles. The van der Waals surface area contributed by atoms with Gasteiger partial charge in [-0.15, -0.1) is 0 Å². The molecule has 9 atom stereocenters. The lowest BCUT2D eigenvalue weighted by atomic mass is 9.98. The fourth-order valence-corrected chi connectivity index (χ4v) is 3.14. The molecule has 1 heterocycles. The molecule has 0 amide bonds. The molecule has 0 aromatic heterocycles. The first-order valence-corrected chi connectivity index (χ1v) is 11.1. The first-order valence-electron chi connectivity index (χ1n) is 8.36. The smallest absolute Gasteiger partial charge is 0.394 e. The molecule has 32 heavy (non-hydrogen) atoms. The molecule has 0 aromatic carbocycles. The lowest BCUT2D eigenvalue weighted by molar-refractivity contribution is -0.234. The van der Waals surface area contributed by atoms with Gasteiger partial charge in [0, 0.05) is 0 Å². The molecular formula is C12H26N2O16S2. The molecule has 1 fully saturated rings. The van der Waals surface area contributed by atoms with E-state index in [0.717, 1.165) is 0 Å².